The summed E-state index contributed by atoms with van der Waals surface area (Å²) in [4.78, 5) is 0. The van der Waals surface area contributed by atoms with E-state index in [1.807, 2.05) is 6.07 Å². The summed E-state index contributed by atoms with van der Waals surface area (Å²) in [5.41, 5.74) is 14.1. The zero-order chi connectivity index (χ0) is 17.3. The van der Waals surface area contributed by atoms with Crippen molar-refractivity contribution in [1.82, 2.24) is 5.16 Å². The topological polar surface area (TPSA) is 126 Å². The largest absolute Gasteiger partial charge is 0.384 e. The van der Waals surface area contributed by atoms with Gasteiger partial charge >= 0.3 is 0 Å². The first-order valence-electron chi connectivity index (χ1n) is 7.01. The van der Waals surface area contributed by atoms with Crippen LogP contribution in [0.25, 0.3) is 22.6 Å². The van der Waals surface area contributed by atoms with Gasteiger partial charge in [0, 0.05) is 28.3 Å². The minimum atomic E-state index is -0.0502. The molecule has 6 nitrogen and oxygen atoms in total. The van der Waals surface area contributed by atoms with Crippen LogP contribution < -0.4 is 11.5 Å². The molecule has 3 rings (SSSR count). The summed E-state index contributed by atoms with van der Waals surface area (Å²) in [6, 6.07) is 13.9. The Morgan fingerprint density at radius 3 is 2.38 bits per heavy atom. The molecule has 0 fully saturated rings. The number of nitrogens with zero attached hydrogens (tertiary/aromatic N) is 1. The van der Waals surface area contributed by atoms with E-state index in [1.165, 1.54) is 0 Å². The molecular formula is C17H14ClN5O. The normalized spacial score (nSPS) is 10.5. The zero-order valence-corrected chi connectivity index (χ0v) is 13.3. The lowest BCUT2D eigenvalue weighted by Crippen LogP contribution is -2.10. The van der Waals surface area contributed by atoms with Crippen molar-refractivity contribution in [1.29, 1.82) is 10.8 Å². The van der Waals surface area contributed by atoms with Gasteiger partial charge in [0.05, 0.1) is 5.02 Å². The molecule has 24 heavy (non-hydrogen) atoms. The smallest absolute Gasteiger partial charge is 0.167 e. The fourth-order valence-electron chi connectivity index (χ4n) is 2.27. The van der Waals surface area contributed by atoms with Crippen molar-refractivity contribution in [2.75, 3.05) is 0 Å². The quantitative estimate of drug-likeness (QED) is 0.430. The maximum atomic E-state index is 7.53. The number of aromatic nitrogens is 1. The molecule has 1 heterocycles. The lowest BCUT2D eigenvalue weighted by Gasteiger charge is -2.03. The van der Waals surface area contributed by atoms with E-state index in [0.29, 0.717) is 33.2 Å². The molecule has 7 heteroatoms. The summed E-state index contributed by atoms with van der Waals surface area (Å²) in [6.07, 6.45) is 0. The first-order chi connectivity index (χ1) is 11.5. The zero-order valence-electron chi connectivity index (χ0n) is 12.5. The van der Waals surface area contributed by atoms with Crippen LogP contribution >= 0.6 is 11.6 Å². The minimum absolute atomic E-state index is 0.0196. The van der Waals surface area contributed by atoms with Crippen molar-refractivity contribution in [2.45, 2.75) is 0 Å². The number of nitrogen functional groups attached to an aromatic ring is 2. The van der Waals surface area contributed by atoms with Crippen LogP contribution in [-0.2, 0) is 0 Å². The van der Waals surface area contributed by atoms with Crippen molar-refractivity contribution >= 4 is 23.3 Å². The molecule has 6 N–H and O–H groups in total. The van der Waals surface area contributed by atoms with E-state index >= 15 is 0 Å². The first kappa shape index (κ1) is 15.8. The molecule has 0 saturated heterocycles. The fraction of sp³-hybridized carbons (Fsp3) is 0. The van der Waals surface area contributed by atoms with Crippen molar-refractivity contribution in [3.05, 3.63) is 64.7 Å². The van der Waals surface area contributed by atoms with Gasteiger partial charge in [0.1, 0.15) is 17.4 Å². The highest BCUT2D eigenvalue weighted by Gasteiger charge is 2.13. The average Bonchev–Trinajstić information content (AvgIpc) is 3.05. The minimum Gasteiger partial charge on any atom is -0.384 e. The molecule has 0 spiro atoms. The van der Waals surface area contributed by atoms with E-state index in [2.05, 4.69) is 5.16 Å². The lowest BCUT2D eigenvalue weighted by atomic mass is 10.0. The number of rotatable bonds is 4. The van der Waals surface area contributed by atoms with E-state index in [1.54, 1.807) is 42.5 Å². The number of nitrogens with two attached hydrogens (primary N) is 2. The second-order valence-electron chi connectivity index (χ2n) is 5.18. The molecule has 3 aromatic rings. The summed E-state index contributed by atoms with van der Waals surface area (Å²) < 4.78 is 5.39. The van der Waals surface area contributed by atoms with Crippen LogP contribution in [-0.4, -0.2) is 16.8 Å². The van der Waals surface area contributed by atoms with Gasteiger partial charge in [-0.1, -0.05) is 35.0 Å². The second kappa shape index (κ2) is 6.17. The van der Waals surface area contributed by atoms with Gasteiger partial charge in [-0.15, -0.1) is 0 Å². The SMILES string of the molecule is N=C(N)c1cccc(-c2cc(-c3cc(C(=N)N)ccc3Cl)no2)c1. The number of nitrogens with one attached hydrogen (secondary N) is 2. The molecule has 0 bridgehead atoms. The van der Waals surface area contributed by atoms with Crippen LogP contribution in [0.4, 0.5) is 0 Å². The van der Waals surface area contributed by atoms with Crippen molar-refractivity contribution < 1.29 is 4.52 Å². The Hall–Kier alpha value is -3.12. The van der Waals surface area contributed by atoms with Gasteiger partial charge in [0.2, 0.25) is 0 Å². The highest BCUT2D eigenvalue weighted by molar-refractivity contribution is 6.33. The maximum Gasteiger partial charge on any atom is 0.167 e. The van der Waals surface area contributed by atoms with Crippen LogP contribution in [0.15, 0.2) is 53.1 Å². The van der Waals surface area contributed by atoms with Crippen LogP contribution in [0.1, 0.15) is 11.1 Å². The van der Waals surface area contributed by atoms with Crippen LogP contribution in [0.5, 0.6) is 0 Å². The van der Waals surface area contributed by atoms with E-state index in [9.17, 15) is 0 Å². The van der Waals surface area contributed by atoms with Gasteiger partial charge in [0.25, 0.3) is 0 Å². The van der Waals surface area contributed by atoms with Gasteiger partial charge in [-0.05, 0) is 24.3 Å². The molecule has 0 atom stereocenters. The summed E-state index contributed by atoms with van der Waals surface area (Å²) in [6.45, 7) is 0. The third-order valence-electron chi connectivity index (χ3n) is 3.52. The maximum absolute atomic E-state index is 7.53. The molecule has 0 amide bonds. The Kier molecular flexibility index (Phi) is 4.05. The second-order valence-corrected chi connectivity index (χ2v) is 5.59. The summed E-state index contributed by atoms with van der Waals surface area (Å²) in [5.74, 6) is 0.456. The van der Waals surface area contributed by atoms with Crippen LogP contribution in [0.2, 0.25) is 5.02 Å². The predicted molar refractivity (Wildman–Crippen MR) is 94.4 cm³/mol. The molecule has 1 aromatic heterocycles. The lowest BCUT2D eigenvalue weighted by molar-refractivity contribution is 0.435. The van der Waals surface area contributed by atoms with E-state index in [-0.39, 0.29) is 11.7 Å². The Morgan fingerprint density at radius 2 is 1.67 bits per heavy atom. The third-order valence-corrected chi connectivity index (χ3v) is 3.85. The van der Waals surface area contributed by atoms with Gasteiger partial charge in [0.15, 0.2) is 5.76 Å². The third kappa shape index (κ3) is 3.00. The summed E-state index contributed by atoms with van der Waals surface area (Å²) in [7, 11) is 0. The molecule has 120 valence electrons. The number of hydrogen-bond donors (Lipinski definition) is 4. The summed E-state index contributed by atoms with van der Waals surface area (Å²) in [5, 5.41) is 19.6. The Balaban J connectivity index is 2.03. The van der Waals surface area contributed by atoms with Gasteiger partial charge < -0.3 is 16.0 Å². The molecule has 2 aromatic carbocycles. The van der Waals surface area contributed by atoms with Gasteiger partial charge in [-0.3, -0.25) is 10.8 Å². The molecule has 0 unspecified atom stereocenters. The Morgan fingerprint density at radius 1 is 0.958 bits per heavy atom. The van der Waals surface area contributed by atoms with Crippen molar-refractivity contribution in [2.24, 2.45) is 11.5 Å². The van der Waals surface area contributed by atoms with Gasteiger partial charge in [-0.2, -0.15) is 0 Å². The molecule has 0 aliphatic rings. The van der Waals surface area contributed by atoms with E-state index in [0.717, 1.165) is 5.56 Å². The highest BCUT2D eigenvalue weighted by atomic mass is 35.5. The molecule has 0 aliphatic heterocycles. The average molecular weight is 340 g/mol. The number of amidine groups is 2. The Bertz CT molecular complexity index is 948. The summed E-state index contributed by atoms with van der Waals surface area (Å²) >= 11 is 6.22. The highest BCUT2D eigenvalue weighted by Crippen LogP contribution is 2.31. The van der Waals surface area contributed by atoms with E-state index in [4.69, 9.17) is 38.4 Å². The van der Waals surface area contributed by atoms with Crippen molar-refractivity contribution in [3.63, 3.8) is 0 Å². The number of benzene rings is 2. The fourth-order valence-corrected chi connectivity index (χ4v) is 2.48. The van der Waals surface area contributed by atoms with Crippen molar-refractivity contribution in [3.8, 4) is 22.6 Å². The first-order valence-corrected chi connectivity index (χ1v) is 7.39. The molecule has 0 saturated carbocycles. The van der Waals surface area contributed by atoms with Crippen LogP contribution in [0.3, 0.4) is 0 Å². The monoisotopic (exact) mass is 339 g/mol. The Labute approximate surface area is 143 Å². The van der Waals surface area contributed by atoms with E-state index < -0.39 is 0 Å². The molecule has 0 aliphatic carbocycles. The molecule has 0 radical (unpaired) electrons. The predicted octanol–water partition coefficient (Wildman–Crippen LogP) is 3.23. The number of hydrogen-bond acceptors (Lipinski definition) is 4. The number of halogens is 1. The van der Waals surface area contributed by atoms with Crippen LogP contribution in [0, 0.1) is 10.8 Å². The molecular weight excluding hydrogens is 326 g/mol. The standard InChI is InChI=1S/C17H14ClN5O/c18-13-5-4-11(17(21)22)7-12(13)14-8-15(24-23-14)9-2-1-3-10(6-9)16(19)20/h1-8H,(H3,19,20)(H3,21,22). The van der Waals surface area contributed by atoms with Gasteiger partial charge in [-0.25, -0.2) is 0 Å².